The molecule has 2 nitrogen and oxygen atoms in total. The minimum absolute atomic E-state index is 0.0933. The SMILES string of the molecule is CC1(C)c2ccccc2-c2c(-c3c4ccccc4c(N4c5ccccc5Oc5ccccc54)c4ccc(-c5ccccc5)cc34)cccc21. The van der Waals surface area contributed by atoms with Crippen molar-refractivity contribution in [3.8, 4) is 44.9 Å². The first-order valence-corrected chi connectivity index (χ1v) is 17.0. The summed E-state index contributed by atoms with van der Waals surface area (Å²) >= 11 is 0. The molecule has 0 aromatic heterocycles. The Balaban J connectivity index is 1.38. The van der Waals surface area contributed by atoms with Crippen LogP contribution in [0.1, 0.15) is 25.0 Å². The number of ether oxygens (including phenoxy) is 1. The predicted octanol–water partition coefficient (Wildman–Crippen LogP) is 13.2. The maximum Gasteiger partial charge on any atom is 0.151 e. The lowest BCUT2D eigenvalue weighted by atomic mass is 9.81. The number of hydrogen-bond acceptors (Lipinski definition) is 2. The molecule has 0 fully saturated rings. The van der Waals surface area contributed by atoms with Gasteiger partial charge in [0.25, 0.3) is 0 Å². The van der Waals surface area contributed by atoms with Crippen molar-refractivity contribution >= 4 is 38.6 Å². The third kappa shape index (κ3) is 4.01. The van der Waals surface area contributed by atoms with E-state index in [0.717, 1.165) is 28.6 Å². The normalized spacial score (nSPS) is 13.8. The summed E-state index contributed by atoms with van der Waals surface area (Å²) in [5, 5.41) is 4.86. The van der Waals surface area contributed by atoms with Crippen molar-refractivity contribution in [2.75, 3.05) is 4.90 Å². The number of para-hydroxylation sites is 4. The summed E-state index contributed by atoms with van der Waals surface area (Å²) in [5.74, 6) is 1.70. The second-order valence-corrected chi connectivity index (χ2v) is 13.7. The molecule has 1 aliphatic carbocycles. The number of benzene rings is 8. The van der Waals surface area contributed by atoms with E-state index in [1.165, 1.54) is 66.1 Å². The zero-order valence-corrected chi connectivity index (χ0v) is 27.4. The van der Waals surface area contributed by atoms with Crippen LogP contribution in [0, 0.1) is 0 Å². The molecule has 8 aromatic carbocycles. The molecule has 8 aromatic rings. The quantitative estimate of drug-likeness (QED) is 0.181. The van der Waals surface area contributed by atoms with Crippen LogP contribution in [0.2, 0.25) is 0 Å². The summed E-state index contributed by atoms with van der Waals surface area (Å²) in [6.07, 6.45) is 0. The number of rotatable bonds is 3. The van der Waals surface area contributed by atoms with Gasteiger partial charge in [-0.3, -0.25) is 0 Å². The number of hydrogen-bond donors (Lipinski definition) is 0. The van der Waals surface area contributed by atoms with Crippen molar-refractivity contribution in [3.05, 3.63) is 175 Å². The second kappa shape index (κ2) is 10.4. The van der Waals surface area contributed by atoms with E-state index in [0.29, 0.717) is 0 Å². The van der Waals surface area contributed by atoms with Crippen molar-refractivity contribution < 1.29 is 4.74 Å². The van der Waals surface area contributed by atoms with Gasteiger partial charge in [0.1, 0.15) is 0 Å². The van der Waals surface area contributed by atoms with E-state index < -0.39 is 0 Å². The maximum absolute atomic E-state index is 6.48. The minimum Gasteiger partial charge on any atom is -0.453 e. The number of nitrogens with zero attached hydrogens (tertiary/aromatic N) is 1. The van der Waals surface area contributed by atoms with Gasteiger partial charge in [-0.2, -0.15) is 0 Å². The zero-order valence-electron chi connectivity index (χ0n) is 27.4. The smallest absolute Gasteiger partial charge is 0.151 e. The Bertz CT molecular complexity index is 2570. The average molecular weight is 628 g/mol. The van der Waals surface area contributed by atoms with Gasteiger partial charge in [-0.15, -0.1) is 0 Å². The second-order valence-electron chi connectivity index (χ2n) is 13.7. The molecule has 0 bridgehead atoms. The third-order valence-electron chi connectivity index (χ3n) is 10.6. The first kappa shape index (κ1) is 27.9. The average Bonchev–Trinajstić information content (AvgIpc) is 3.39. The van der Waals surface area contributed by atoms with Crippen LogP contribution in [0.25, 0.3) is 54.9 Å². The van der Waals surface area contributed by atoms with Gasteiger partial charge in [0.05, 0.1) is 17.1 Å². The maximum atomic E-state index is 6.48. The first-order chi connectivity index (χ1) is 24.1. The van der Waals surface area contributed by atoms with E-state index in [1.54, 1.807) is 0 Å². The van der Waals surface area contributed by atoms with Gasteiger partial charge in [0.2, 0.25) is 0 Å². The summed E-state index contributed by atoms with van der Waals surface area (Å²) in [5.41, 5.74) is 13.5. The van der Waals surface area contributed by atoms with Crippen LogP contribution in [-0.2, 0) is 5.41 Å². The Kier molecular flexibility index (Phi) is 5.95. The van der Waals surface area contributed by atoms with E-state index in [1.807, 2.05) is 12.1 Å². The van der Waals surface area contributed by atoms with E-state index in [4.69, 9.17) is 4.74 Å². The molecule has 1 heterocycles. The van der Waals surface area contributed by atoms with Crippen molar-refractivity contribution in [2.45, 2.75) is 19.3 Å². The van der Waals surface area contributed by atoms with Gasteiger partial charge in [-0.1, -0.05) is 147 Å². The molecule has 0 amide bonds. The van der Waals surface area contributed by atoms with E-state index in [-0.39, 0.29) is 5.41 Å². The standard InChI is InChI=1S/C47H33NO/c1-47(2)38-21-9-8-19-35(38)45-36(20-14-22-39(45)47)44-32-17-6-7-18-33(32)46(34-28-27-31(29-37(34)44)30-15-4-3-5-16-30)48-40-23-10-12-25-42(40)49-43-26-13-11-24-41(43)48/h3-29H,1-2H3. The molecule has 0 saturated heterocycles. The van der Waals surface area contributed by atoms with Crippen molar-refractivity contribution in [3.63, 3.8) is 0 Å². The lowest BCUT2D eigenvalue weighted by molar-refractivity contribution is 0.477. The Hall–Kier alpha value is -6.12. The lowest BCUT2D eigenvalue weighted by Crippen LogP contribution is -2.16. The molecule has 0 unspecified atom stereocenters. The summed E-state index contributed by atoms with van der Waals surface area (Å²) in [7, 11) is 0. The molecule has 49 heavy (non-hydrogen) atoms. The molecule has 10 rings (SSSR count). The fourth-order valence-corrected chi connectivity index (χ4v) is 8.41. The molecule has 0 saturated carbocycles. The largest absolute Gasteiger partial charge is 0.453 e. The predicted molar refractivity (Wildman–Crippen MR) is 205 cm³/mol. The van der Waals surface area contributed by atoms with Gasteiger partial charge in [-0.25, -0.2) is 0 Å². The molecule has 1 aliphatic heterocycles. The van der Waals surface area contributed by atoms with Crippen LogP contribution in [0.15, 0.2) is 164 Å². The summed E-state index contributed by atoms with van der Waals surface area (Å²) < 4.78 is 6.48. The minimum atomic E-state index is -0.0933. The Morgan fingerprint density at radius 1 is 0.429 bits per heavy atom. The molecular weight excluding hydrogens is 595 g/mol. The van der Waals surface area contributed by atoms with Gasteiger partial charge in [0.15, 0.2) is 11.5 Å². The lowest BCUT2D eigenvalue weighted by Gasteiger charge is -2.35. The highest BCUT2D eigenvalue weighted by Gasteiger charge is 2.37. The van der Waals surface area contributed by atoms with Crippen molar-refractivity contribution in [1.82, 2.24) is 0 Å². The van der Waals surface area contributed by atoms with Gasteiger partial charge >= 0.3 is 0 Å². The zero-order chi connectivity index (χ0) is 32.7. The molecule has 2 heteroatoms. The summed E-state index contributed by atoms with van der Waals surface area (Å²) in [4.78, 5) is 2.42. The Labute approximate surface area is 286 Å². The van der Waals surface area contributed by atoms with Gasteiger partial charge in [-0.05, 0) is 85.6 Å². The summed E-state index contributed by atoms with van der Waals surface area (Å²) in [6, 6.07) is 59.4. The van der Waals surface area contributed by atoms with Crippen LogP contribution in [0.3, 0.4) is 0 Å². The highest BCUT2D eigenvalue weighted by molar-refractivity contribution is 6.24. The molecule has 0 spiro atoms. The molecule has 0 radical (unpaired) electrons. The van der Waals surface area contributed by atoms with Crippen LogP contribution in [-0.4, -0.2) is 0 Å². The number of fused-ring (bicyclic) bond motifs is 7. The third-order valence-corrected chi connectivity index (χ3v) is 10.6. The molecule has 232 valence electrons. The molecular formula is C47H33NO. The highest BCUT2D eigenvalue weighted by atomic mass is 16.5. The van der Waals surface area contributed by atoms with Crippen LogP contribution in [0.5, 0.6) is 11.5 Å². The van der Waals surface area contributed by atoms with E-state index in [2.05, 4.69) is 170 Å². The van der Waals surface area contributed by atoms with Crippen molar-refractivity contribution in [1.29, 1.82) is 0 Å². The topological polar surface area (TPSA) is 12.5 Å². The van der Waals surface area contributed by atoms with Gasteiger partial charge < -0.3 is 9.64 Å². The summed E-state index contributed by atoms with van der Waals surface area (Å²) in [6.45, 7) is 4.73. The number of anilines is 3. The first-order valence-electron chi connectivity index (χ1n) is 17.0. The molecule has 0 N–H and O–H groups in total. The van der Waals surface area contributed by atoms with Crippen LogP contribution in [0.4, 0.5) is 17.1 Å². The monoisotopic (exact) mass is 627 g/mol. The molecule has 2 aliphatic rings. The van der Waals surface area contributed by atoms with Crippen LogP contribution >= 0.6 is 0 Å². The van der Waals surface area contributed by atoms with E-state index in [9.17, 15) is 0 Å². The van der Waals surface area contributed by atoms with Gasteiger partial charge in [0, 0.05) is 16.2 Å². The molecule has 0 atom stereocenters. The Morgan fingerprint density at radius 2 is 1.02 bits per heavy atom. The fourth-order valence-electron chi connectivity index (χ4n) is 8.41. The van der Waals surface area contributed by atoms with Crippen LogP contribution < -0.4 is 9.64 Å². The fraction of sp³-hybridized carbons (Fsp3) is 0.0638. The van der Waals surface area contributed by atoms with E-state index >= 15 is 0 Å². The van der Waals surface area contributed by atoms with Crippen molar-refractivity contribution in [2.24, 2.45) is 0 Å². The highest BCUT2D eigenvalue weighted by Crippen LogP contribution is 2.57. The Morgan fingerprint density at radius 3 is 1.80 bits per heavy atom.